The summed E-state index contributed by atoms with van der Waals surface area (Å²) in [7, 11) is -2.90. The number of benzene rings is 2. The molecule has 0 saturated heterocycles. The lowest BCUT2D eigenvalue weighted by Gasteiger charge is -2.46. The molecule has 2 aliphatic heterocycles. The Morgan fingerprint density at radius 3 is 2.82 bits per heavy atom. The van der Waals surface area contributed by atoms with Crippen LogP contribution in [0.25, 0.3) is 0 Å². The first-order chi connectivity index (χ1) is 21.1. The second-order valence-corrected chi connectivity index (χ2v) is 16.0. The van der Waals surface area contributed by atoms with Crippen molar-refractivity contribution in [2.24, 2.45) is 11.8 Å². The standard InChI is InChI=1S/C35H44ClN3O4S/c1-4-28-9-5-6-10-31(37-23(2)40)29-14-11-26(29)20-39-21-35(17-7-8-24-18-27(36)13-15-30(24)35)22-43-33-16-12-25(19-32(33)39)34(41)38-44(28,3)42/h6,10,12-13,15-16,18-19,26,28-29,31H,3-5,7-9,11,14,17,20-22H2,1-2H3,(H,37,40)(H,38,41,42)/b10-6+/t26-,28+,29+,31+,35-,44?/m0/s1. The third kappa shape index (κ3) is 6.12. The number of carbonyl (C=O) groups excluding carboxylic acids is 2. The van der Waals surface area contributed by atoms with Gasteiger partial charge in [-0.25, -0.2) is 4.21 Å². The number of hydrogen-bond acceptors (Lipinski definition) is 5. The fourth-order valence-corrected chi connectivity index (χ4v) is 9.70. The van der Waals surface area contributed by atoms with Crippen molar-refractivity contribution in [2.75, 3.05) is 24.6 Å². The Morgan fingerprint density at radius 1 is 1.23 bits per heavy atom. The minimum atomic E-state index is -2.90. The van der Waals surface area contributed by atoms with Gasteiger partial charge in [0.25, 0.3) is 5.91 Å². The van der Waals surface area contributed by atoms with Crippen molar-refractivity contribution in [1.29, 1.82) is 0 Å². The summed E-state index contributed by atoms with van der Waals surface area (Å²) in [4.78, 5) is 28.3. The highest BCUT2D eigenvalue weighted by Crippen LogP contribution is 2.46. The van der Waals surface area contributed by atoms with Gasteiger partial charge in [-0.1, -0.05) is 36.7 Å². The molecule has 1 saturated carbocycles. The normalized spacial score (nSPS) is 32.6. The topological polar surface area (TPSA) is 87.7 Å². The van der Waals surface area contributed by atoms with E-state index in [0.717, 1.165) is 61.7 Å². The Bertz CT molecular complexity index is 1570. The number of carbonyl (C=O) groups is 2. The van der Waals surface area contributed by atoms with E-state index in [1.54, 1.807) is 13.0 Å². The molecule has 6 rings (SSSR count). The zero-order valence-electron chi connectivity index (χ0n) is 25.8. The molecular weight excluding hydrogens is 594 g/mol. The molecule has 0 aromatic heterocycles. The fraction of sp³-hybridized carbons (Fsp3) is 0.514. The lowest BCUT2D eigenvalue weighted by molar-refractivity contribution is -0.120. The Hall–Kier alpha value is -2.97. The predicted molar refractivity (Wildman–Crippen MR) is 179 cm³/mol. The van der Waals surface area contributed by atoms with Gasteiger partial charge in [-0.15, -0.1) is 0 Å². The van der Waals surface area contributed by atoms with Crippen LogP contribution < -0.4 is 19.7 Å². The van der Waals surface area contributed by atoms with Gasteiger partial charge in [-0.05, 0) is 111 Å². The highest BCUT2D eigenvalue weighted by molar-refractivity contribution is 7.99. The summed E-state index contributed by atoms with van der Waals surface area (Å²) in [6, 6.07) is 11.7. The van der Waals surface area contributed by atoms with E-state index < -0.39 is 9.71 Å². The van der Waals surface area contributed by atoms with Crippen LogP contribution in [0.1, 0.15) is 80.3 Å². The summed E-state index contributed by atoms with van der Waals surface area (Å²) in [5.41, 5.74) is 3.66. The van der Waals surface area contributed by atoms with Gasteiger partial charge in [0.1, 0.15) is 5.75 Å². The number of halogens is 1. The number of fused-ring (bicyclic) bond motifs is 4. The summed E-state index contributed by atoms with van der Waals surface area (Å²) in [6.07, 6.45) is 11.3. The van der Waals surface area contributed by atoms with Gasteiger partial charge in [0, 0.05) is 41.3 Å². The van der Waals surface area contributed by atoms with Gasteiger partial charge in [0.15, 0.2) is 0 Å². The minimum Gasteiger partial charge on any atom is -0.490 e. The molecule has 2 bridgehead atoms. The maximum atomic E-state index is 13.7. The molecule has 6 atom stereocenters. The largest absolute Gasteiger partial charge is 0.490 e. The summed E-state index contributed by atoms with van der Waals surface area (Å²) in [6.45, 7) is 5.62. The number of nitrogens with one attached hydrogen (secondary N) is 2. The average molecular weight is 638 g/mol. The van der Waals surface area contributed by atoms with Crippen molar-refractivity contribution < 1.29 is 18.5 Å². The Balaban J connectivity index is 1.43. The van der Waals surface area contributed by atoms with E-state index in [1.807, 2.05) is 25.1 Å². The van der Waals surface area contributed by atoms with E-state index in [0.29, 0.717) is 43.3 Å². The predicted octanol–water partition coefficient (Wildman–Crippen LogP) is 5.83. The molecule has 4 aliphatic rings. The smallest absolute Gasteiger partial charge is 0.262 e. The molecule has 0 radical (unpaired) electrons. The first-order valence-corrected chi connectivity index (χ1v) is 18.2. The second-order valence-electron chi connectivity index (χ2n) is 13.2. The molecule has 1 fully saturated rings. The lowest BCUT2D eigenvalue weighted by atomic mass is 9.68. The van der Waals surface area contributed by atoms with Gasteiger partial charge >= 0.3 is 0 Å². The van der Waals surface area contributed by atoms with Crippen molar-refractivity contribution in [1.82, 2.24) is 10.0 Å². The quantitative estimate of drug-likeness (QED) is 0.319. The molecule has 9 heteroatoms. The van der Waals surface area contributed by atoms with Crippen LogP contribution in [0.5, 0.6) is 5.75 Å². The summed E-state index contributed by atoms with van der Waals surface area (Å²) >= 11 is 6.43. The fourth-order valence-electron chi connectivity index (χ4n) is 7.85. The molecule has 2 aliphatic carbocycles. The summed E-state index contributed by atoms with van der Waals surface area (Å²) in [5, 5.41) is 3.69. The molecule has 7 nitrogen and oxygen atoms in total. The van der Waals surface area contributed by atoms with Crippen LogP contribution in [0.2, 0.25) is 5.02 Å². The third-order valence-electron chi connectivity index (χ3n) is 10.3. The maximum absolute atomic E-state index is 13.7. The zero-order valence-corrected chi connectivity index (χ0v) is 27.4. The van der Waals surface area contributed by atoms with Crippen molar-refractivity contribution in [2.45, 2.75) is 81.9 Å². The van der Waals surface area contributed by atoms with Crippen LogP contribution in [-0.4, -0.2) is 52.9 Å². The highest BCUT2D eigenvalue weighted by Gasteiger charge is 2.44. The summed E-state index contributed by atoms with van der Waals surface area (Å²) in [5.74, 6) is 4.98. The van der Waals surface area contributed by atoms with Crippen LogP contribution in [0.3, 0.4) is 0 Å². The molecule has 2 N–H and O–H groups in total. The van der Waals surface area contributed by atoms with E-state index in [1.165, 1.54) is 11.1 Å². The molecule has 1 spiro atoms. The Morgan fingerprint density at radius 2 is 2.07 bits per heavy atom. The maximum Gasteiger partial charge on any atom is 0.262 e. The van der Waals surface area contributed by atoms with Crippen LogP contribution >= 0.6 is 11.6 Å². The van der Waals surface area contributed by atoms with Gasteiger partial charge in [0.05, 0.1) is 28.0 Å². The first kappa shape index (κ1) is 31.0. The SMILES string of the molecule is C=S1(=O)NC(=O)c2ccc3c(c2)N(C[C@@H]2CC[C@H]2[C@H](NC(C)=O)/C=C/CC[C@H]1CC)C[C@@]1(CCCc2cc(Cl)ccc21)CO3. The summed E-state index contributed by atoms with van der Waals surface area (Å²) < 4.78 is 23.1. The second kappa shape index (κ2) is 12.4. The number of hydrogen-bond donors (Lipinski definition) is 2. The minimum absolute atomic E-state index is 0.0378. The number of amides is 2. The molecule has 2 aromatic carbocycles. The monoisotopic (exact) mass is 637 g/mol. The van der Waals surface area contributed by atoms with Gasteiger partial charge in [-0.2, -0.15) is 0 Å². The molecule has 2 aromatic rings. The number of allylic oxidation sites excluding steroid dienone is 1. The van der Waals surface area contributed by atoms with Gasteiger partial charge in [0.2, 0.25) is 5.91 Å². The Kier molecular flexibility index (Phi) is 8.77. The van der Waals surface area contributed by atoms with Crippen LogP contribution in [0.4, 0.5) is 5.69 Å². The van der Waals surface area contributed by atoms with Crippen LogP contribution in [0, 0.1) is 11.8 Å². The Labute approximate surface area is 266 Å². The molecular formula is C35H44ClN3O4S. The van der Waals surface area contributed by atoms with E-state index in [2.05, 4.69) is 45.1 Å². The van der Waals surface area contributed by atoms with Crippen LogP contribution in [0.15, 0.2) is 48.6 Å². The van der Waals surface area contributed by atoms with Gasteiger partial charge in [-0.3, -0.25) is 14.3 Å². The molecule has 44 heavy (non-hydrogen) atoms. The lowest BCUT2D eigenvalue weighted by Crippen LogP contribution is -2.51. The van der Waals surface area contributed by atoms with Crippen molar-refractivity contribution in [3.8, 4) is 5.75 Å². The molecule has 2 amide bonds. The van der Waals surface area contributed by atoms with Crippen molar-refractivity contribution >= 4 is 44.7 Å². The zero-order chi connectivity index (χ0) is 31.1. The first-order valence-electron chi connectivity index (χ1n) is 16.0. The average Bonchev–Trinajstić information content (AvgIpc) is 3.11. The number of nitrogens with zero attached hydrogens (tertiary/aromatic N) is 1. The van der Waals surface area contributed by atoms with E-state index >= 15 is 0 Å². The molecule has 1 unspecified atom stereocenters. The van der Waals surface area contributed by atoms with Crippen molar-refractivity contribution in [3.05, 3.63) is 70.3 Å². The van der Waals surface area contributed by atoms with E-state index in [4.69, 9.17) is 16.3 Å². The molecule has 236 valence electrons. The number of aryl methyl sites for hydroxylation is 1. The third-order valence-corrected chi connectivity index (χ3v) is 12.7. The number of ether oxygens (including phenoxy) is 1. The van der Waals surface area contributed by atoms with Crippen LogP contribution in [-0.2, 0) is 26.3 Å². The van der Waals surface area contributed by atoms with E-state index in [-0.39, 0.29) is 28.5 Å². The van der Waals surface area contributed by atoms with Crippen molar-refractivity contribution in [3.63, 3.8) is 0 Å². The number of anilines is 1. The number of rotatable bonds is 2. The van der Waals surface area contributed by atoms with E-state index in [9.17, 15) is 13.8 Å². The molecule has 2 heterocycles. The van der Waals surface area contributed by atoms with Gasteiger partial charge < -0.3 is 15.0 Å². The highest BCUT2D eigenvalue weighted by atomic mass is 35.5.